The number of benzene rings is 1. The van der Waals surface area contributed by atoms with Crippen LogP contribution in [-0.2, 0) is 6.61 Å². The van der Waals surface area contributed by atoms with Crippen molar-refractivity contribution in [2.45, 2.75) is 6.61 Å². The highest BCUT2D eigenvalue weighted by Crippen LogP contribution is 2.23. The number of aliphatic hydroxyl groups is 1. The summed E-state index contributed by atoms with van der Waals surface area (Å²) in [5, 5.41) is 8.89. The van der Waals surface area contributed by atoms with E-state index in [-0.39, 0.29) is 6.61 Å². The molecule has 0 radical (unpaired) electrons. The summed E-state index contributed by atoms with van der Waals surface area (Å²) in [6.45, 7) is -0.0782. The SMILES string of the molecule is NC(=O)c1ccccc1Oc1ccc(CO)cn1. The first-order valence-electron chi connectivity index (χ1n) is 5.33. The lowest BCUT2D eigenvalue weighted by Crippen LogP contribution is -2.12. The number of pyridine rings is 1. The minimum atomic E-state index is -0.558. The normalized spacial score (nSPS) is 10.1. The predicted molar refractivity (Wildman–Crippen MR) is 65.2 cm³/mol. The van der Waals surface area contributed by atoms with Crippen LogP contribution in [0.25, 0.3) is 0 Å². The maximum absolute atomic E-state index is 11.2. The fraction of sp³-hybridized carbons (Fsp3) is 0.0769. The van der Waals surface area contributed by atoms with Crippen LogP contribution in [0.1, 0.15) is 15.9 Å². The molecule has 2 aromatic rings. The van der Waals surface area contributed by atoms with Gasteiger partial charge in [-0.1, -0.05) is 12.1 Å². The molecule has 0 bridgehead atoms. The molecular weight excluding hydrogens is 232 g/mol. The monoisotopic (exact) mass is 244 g/mol. The van der Waals surface area contributed by atoms with Gasteiger partial charge in [-0.05, 0) is 23.8 Å². The number of carbonyl (C=O) groups excluding carboxylic acids is 1. The molecular formula is C13H12N2O3. The zero-order chi connectivity index (χ0) is 13.0. The van der Waals surface area contributed by atoms with Crippen molar-refractivity contribution in [3.63, 3.8) is 0 Å². The van der Waals surface area contributed by atoms with Gasteiger partial charge in [-0.15, -0.1) is 0 Å². The first-order valence-corrected chi connectivity index (χ1v) is 5.33. The largest absolute Gasteiger partial charge is 0.438 e. The maximum Gasteiger partial charge on any atom is 0.252 e. The summed E-state index contributed by atoms with van der Waals surface area (Å²) in [6.07, 6.45) is 1.50. The average molecular weight is 244 g/mol. The number of primary amides is 1. The van der Waals surface area contributed by atoms with Crippen LogP contribution in [0.15, 0.2) is 42.6 Å². The van der Waals surface area contributed by atoms with Gasteiger partial charge in [0.25, 0.3) is 5.91 Å². The molecule has 18 heavy (non-hydrogen) atoms. The molecule has 0 atom stereocenters. The van der Waals surface area contributed by atoms with Crippen LogP contribution >= 0.6 is 0 Å². The highest BCUT2D eigenvalue weighted by Gasteiger charge is 2.09. The summed E-state index contributed by atoms with van der Waals surface area (Å²) >= 11 is 0. The van der Waals surface area contributed by atoms with Crippen molar-refractivity contribution in [1.82, 2.24) is 4.98 Å². The standard InChI is InChI=1S/C13H12N2O3/c14-13(17)10-3-1-2-4-11(10)18-12-6-5-9(8-16)7-15-12/h1-7,16H,8H2,(H2,14,17). The highest BCUT2D eigenvalue weighted by molar-refractivity contribution is 5.95. The number of nitrogens with two attached hydrogens (primary N) is 1. The highest BCUT2D eigenvalue weighted by atomic mass is 16.5. The molecule has 0 fully saturated rings. The van der Waals surface area contributed by atoms with E-state index < -0.39 is 5.91 Å². The predicted octanol–water partition coefficient (Wildman–Crippen LogP) is 1.47. The Bertz CT molecular complexity index is 552. The summed E-state index contributed by atoms with van der Waals surface area (Å²) in [7, 11) is 0. The van der Waals surface area contributed by atoms with Gasteiger partial charge in [0.1, 0.15) is 5.75 Å². The molecule has 1 amide bonds. The molecule has 2 rings (SSSR count). The third kappa shape index (κ3) is 2.64. The summed E-state index contributed by atoms with van der Waals surface area (Å²) in [6, 6.07) is 9.97. The van der Waals surface area contributed by atoms with Crippen LogP contribution in [0.4, 0.5) is 0 Å². The van der Waals surface area contributed by atoms with Gasteiger partial charge in [0.15, 0.2) is 0 Å². The van der Waals surface area contributed by atoms with Crippen molar-refractivity contribution in [3.05, 3.63) is 53.7 Å². The number of hydrogen-bond acceptors (Lipinski definition) is 4. The first-order chi connectivity index (χ1) is 8.70. The smallest absolute Gasteiger partial charge is 0.252 e. The molecule has 1 aromatic heterocycles. The number of aliphatic hydroxyl groups excluding tert-OH is 1. The third-order valence-corrected chi connectivity index (χ3v) is 2.35. The Labute approximate surface area is 104 Å². The lowest BCUT2D eigenvalue weighted by molar-refractivity contribution is 0.0998. The number of rotatable bonds is 4. The van der Waals surface area contributed by atoms with Crippen molar-refractivity contribution in [3.8, 4) is 11.6 Å². The van der Waals surface area contributed by atoms with E-state index >= 15 is 0 Å². The molecule has 1 heterocycles. The maximum atomic E-state index is 11.2. The molecule has 0 aliphatic rings. The number of aromatic nitrogens is 1. The molecule has 0 unspecified atom stereocenters. The van der Waals surface area contributed by atoms with Crippen LogP contribution in [-0.4, -0.2) is 16.0 Å². The lowest BCUT2D eigenvalue weighted by atomic mass is 10.2. The van der Waals surface area contributed by atoms with Gasteiger partial charge >= 0.3 is 0 Å². The summed E-state index contributed by atoms with van der Waals surface area (Å²) in [4.78, 5) is 15.2. The fourth-order valence-corrected chi connectivity index (χ4v) is 1.44. The number of amides is 1. The number of para-hydroxylation sites is 1. The molecule has 0 saturated heterocycles. The van der Waals surface area contributed by atoms with Crippen LogP contribution in [0.5, 0.6) is 11.6 Å². The average Bonchev–Trinajstić information content (AvgIpc) is 2.40. The van der Waals surface area contributed by atoms with Crippen molar-refractivity contribution < 1.29 is 14.6 Å². The van der Waals surface area contributed by atoms with E-state index in [0.29, 0.717) is 22.8 Å². The van der Waals surface area contributed by atoms with Crippen LogP contribution in [0.3, 0.4) is 0 Å². The van der Waals surface area contributed by atoms with Gasteiger partial charge in [0, 0.05) is 12.3 Å². The van der Waals surface area contributed by atoms with Gasteiger partial charge < -0.3 is 15.6 Å². The van der Waals surface area contributed by atoms with E-state index in [1.54, 1.807) is 36.4 Å². The third-order valence-electron chi connectivity index (χ3n) is 2.35. The number of hydrogen-bond donors (Lipinski definition) is 2. The van der Waals surface area contributed by atoms with Crippen molar-refractivity contribution in [2.75, 3.05) is 0 Å². The van der Waals surface area contributed by atoms with E-state index in [4.69, 9.17) is 15.6 Å². The summed E-state index contributed by atoms with van der Waals surface area (Å²) in [5.41, 5.74) is 6.22. The van der Waals surface area contributed by atoms with Gasteiger partial charge in [-0.3, -0.25) is 4.79 Å². The quantitative estimate of drug-likeness (QED) is 0.852. The second-order valence-electron chi connectivity index (χ2n) is 3.63. The van der Waals surface area contributed by atoms with Crippen molar-refractivity contribution >= 4 is 5.91 Å². The number of carbonyl (C=O) groups is 1. The van der Waals surface area contributed by atoms with E-state index in [1.807, 2.05) is 0 Å². The van der Waals surface area contributed by atoms with Gasteiger partial charge in [0.2, 0.25) is 5.88 Å². The molecule has 0 saturated carbocycles. The Morgan fingerprint density at radius 1 is 1.28 bits per heavy atom. The summed E-state index contributed by atoms with van der Waals surface area (Å²) in [5.74, 6) is 0.132. The molecule has 3 N–H and O–H groups in total. The Kier molecular flexibility index (Phi) is 3.54. The van der Waals surface area contributed by atoms with E-state index in [0.717, 1.165) is 0 Å². The Hall–Kier alpha value is -2.40. The Morgan fingerprint density at radius 2 is 2.06 bits per heavy atom. The minimum Gasteiger partial charge on any atom is -0.438 e. The summed E-state index contributed by atoms with van der Waals surface area (Å²) < 4.78 is 5.48. The van der Waals surface area contributed by atoms with Gasteiger partial charge in [0.05, 0.1) is 12.2 Å². The van der Waals surface area contributed by atoms with Crippen LogP contribution in [0, 0.1) is 0 Å². The molecule has 5 nitrogen and oxygen atoms in total. The zero-order valence-corrected chi connectivity index (χ0v) is 9.54. The second kappa shape index (κ2) is 5.29. The fourth-order valence-electron chi connectivity index (χ4n) is 1.44. The molecule has 5 heteroatoms. The van der Waals surface area contributed by atoms with Gasteiger partial charge in [-0.25, -0.2) is 4.98 Å². The molecule has 0 aliphatic heterocycles. The van der Waals surface area contributed by atoms with Crippen LogP contribution < -0.4 is 10.5 Å². The minimum absolute atomic E-state index is 0.0782. The van der Waals surface area contributed by atoms with Crippen LogP contribution in [0.2, 0.25) is 0 Å². The lowest BCUT2D eigenvalue weighted by Gasteiger charge is -2.08. The topological polar surface area (TPSA) is 85.4 Å². The number of nitrogens with zero attached hydrogens (tertiary/aromatic N) is 1. The molecule has 0 aliphatic carbocycles. The van der Waals surface area contributed by atoms with E-state index in [2.05, 4.69) is 4.98 Å². The second-order valence-corrected chi connectivity index (χ2v) is 3.63. The first kappa shape index (κ1) is 12.1. The van der Waals surface area contributed by atoms with Gasteiger partial charge in [-0.2, -0.15) is 0 Å². The van der Waals surface area contributed by atoms with Crippen molar-refractivity contribution in [2.24, 2.45) is 5.73 Å². The zero-order valence-electron chi connectivity index (χ0n) is 9.54. The Morgan fingerprint density at radius 3 is 2.67 bits per heavy atom. The number of ether oxygens (including phenoxy) is 1. The Balaban J connectivity index is 2.25. The van der Waals surface area contributed by atoms with E-state index in [9.17, 15) is 4.79 Å². The molecule has 1 aromatic carbocycles. The van der Waals surface area contributed by atoms with Crippen molar-refractivity contribution in [1.29, 1.82) is 0 Å². The van der Waals surface area contributed by atoms with E-state index in [1.165, 1.54) is 6.20 Å². The molecule has 92 valence electrons. The molecule has 0 spiro atoms.